The largest absolute Gasteiger partial charge is 0.478 e. The maximum atomic E-state index is 11.3. The van der Waals surface area contributed by atoms with Crippen molar-refractivity contribution in [2.24, 2.45) is 0 Å². The third-order valence-electron chi connectivity index (χ3n) is 2.59. The fraction of sp³-hybridized carbons (Fsp3) is 0.250. The molecule has 0 atom stereocenters. The van der Waals surface area contributed by atoms with E-state index in [1.165, 1.54) is 0 Å². The van der Waals surface area contributed by atoms with Crippen molar-refractivity contribution in [3.8, 4) is 5.82 Å². The molecule has 0 unspecified atom stereocenters. The number of aromatic carboxylic acids is 1. The second-order valence-corrected chi connectivity index (χ2v) is 3.93. The Kier molecular flexibility index (Phi) is 2.67. The van der Waals surface area contributed by atoms with Gasteiger partial charge in [0.25, 0.3) is 0 Å². The summed E-state index contributed by atoms with van der Waals surface area (Å²) >= 11 is 0. The minimum absolute atomic E-state index is 0.219. The van der Waals surface area contributed by atoms with Crippen molar-refractivity contribution in [2.45, 2.75) is 20.8 Å². The predicted octanol–water partition coefficient (Wildman–Crippen LogP) is 1.89. The molecule has 2 aromatic rings. The van der Waals surface area contributed by atoms with Gasteiger partial charge in [-0.1, -0.05) is 0 Å². The standard InChI is InChI=1S/C12H13N3O2/c1-7-6-8(2)14-11(10(7)12(16)17)15-5-4-13-9(15)3/h4-6H,1-3H3,(H,16,17). The number of carbonyl (C=O) groups is 1. The molecule has 5 nitrogen and oxygen atoms in total. The first-order valence-corrected chi connectivity index (χ1v) is 5.22. The highest BCUT2D eigenvalue weighted by molar-refractivity contribution is 5.92. The summed E-state index contributed by atoms with van der Waals surface area (Å²) in [6, 6.07) is 1.76. The van der Waals surface area contributed by atoms with Crippen molar-refractivity contribution < 1.29 is 9.90 Å². The van der Waals surface area contributed by atoms with Gasteiger partial charge < -0.3 is 5.11 Å². The number of aromatic nitrogens is 3. The molecule has 17 heavy (non-hydrogen) atoms. The van der Waals surface area contributed by atoms with E-state index in [1.54, 1.807) is 30.0 Å². The zero-order valence-electron chi connectivity index (χ0n) is 9.93. The number of carboxylic acid groups (broad SMARTS) is 1. The molecule has 0 aliphatic carbocycles. The Labute approximate surface area is 98.8 Å². The van der Waals surface area contributed by atoms with Crippen molar-refractivity contribution in [2.75, 3.05) is 0 Å². The summed E-state index contributed by atoms with van der Waals surface area (Å²) in [7, 11) is 0. The summed E-state index contributed by atoms with van der Waals surface area (Å²) in [6.45, 7) is 5.42. The Bertz CT molecular complexity index is 587. The minimum atomic E-state index is -0.974. The van der Waals surface area contributed by atoms with Gasteiger partial charge in [0.1, 0.15) is 11.4 Å². The number of rotatable bonds is 2. The number of carboxylic acids is 1. The molecule has 0 aromatic carbocycles. The summed E-state index contributed by atoms with van der Waals surface area (Å²) in [5, 5.41) is 9.25. The molecule has 0 aliphatic heterocycles. The fourth-order valence-electron chi connectivity index (χ4n) is 1.86. The molecule has 0 amide bonds. The number of pyridine rings is 1. The van der Waals surface area contributed by atoms with Crippen LogP contribution in [0.3, 0.4) is 0 Å². The molecule has 0 spiro atoms. The first-order valence-electron chi connectivity index (χ1n) is 5.22. The average molecular weight is 231 g/mol. The normalized spacial score (nSPS) is 10.5. The first-order chi connectivity index (χ1) is 8.00. The number of nitrogens with zero attached hydrogens (tertiary/aromatic N) is 3. The summed E-state index contributed by atoms with van der Waals surface area (Å²) in [5.74, 6) is 0.160. The van der Waals surface area contributed by atoms with Crippen molar-refractivity contribution in [3.05, 3.63) is 41.1 Å². The zero-order valence-corrected chi connectivity index (χ0v) is 9.93. The maximum absolute atomic E-state index is 11.3. The lowest BCUT2D eigenvalue weighted by molar-refractivity contribution is 0.0695. The Balaban J connectivity index is 2.76. The highest BCUT2D eigenvalue weighted by atomic mass is 16.4. The molecular formula is C12H13N3O2. The van der Waals surface area contributed by atoms with E-state index in [-0.39, 0.29) is 5.56 Å². The second-order valence-electron chi connectivity index (χ2n) is 3.93. The molecule has 0 saturated carbocycles. The van der Waals surface area contributed by atoms with Crippen LogP contribution in [-0.4, -0.2) is 25.6 Å². The lowest BCUT2D eigenvalue weighted by Crippen LogP contribution is -2.11. The smallest absolute Gasteiger partial charge is 0.339 e. The summed E-state index contributed by atoms with van der Waals surface area (Å²) in [4.78, 5) is 19.7. The highest BCUT2D eigenvalue weighted by Crippen LogP contribution is 2.19. The summed E-state index contributed by atoms with van der Waals surface area (Å²) in [6.07, 6.45) is 3.34. The third-order valence-corrected chi connectivity index (χ3v) is 2.59. The molecule has 0 radical (unpaired) electrons. The van der Waals surface area contributed by atoms with Crippen LogP contribution < -0.4 is 0 Å². The van der Waals surface area contributed by atoms with Gasteiger partial charge in [-0.3, -0.25) is 4.57 Å². The Morgan fingerprint density at radius 3 is 2.59 bits per heavy atom. The van der Waals surface area contributed by atoms with Gasteiger partial charge in [-0.2, -0.15) is 0 Å². The van der Waals surface area contributed by atoms with Gasteiger partial charge in [0.05, 0.1) is 0 Å². The minimum Gasteiger partial charge on any atom is -0.478 e. The highest BCUT2D eigenvalue weighted by Gasteiger charge is 2.17. The summed E-state index contributed by atoms with van der Waals surface area (Å²) < 4.78 is 1.68. The fourth-order valence-corrected chi connectivity index (χ4v) is 1.86. The molecule has 2 rings (SSSR count). The number of hydrogen-bond donors (Lipinski definition) is 1. The molecule has 0 aliphatic rings. The molecule has 1 N–H and O–H groups in total. The molecule has 0 saturated heterocycles. The van der Waals surface area contributed by atoms with E-state index in [9.17, 15) is 9.90 Å². The Morgan fingerprint density at radius 2 is 2.06 bits per heavy atom. The lowest BCUT2D eigenvalue weighted by Gasteiger charge is -2.11. The van der Waals surface area contributed by atoms with Crippen LogP contribution in [0, 0.1) is 20.8 Å². The van der Waals surface area contributed by atoms with E-state index < -0.39 is 5.97 Å². The zero-order chi connectivity index (χ0) is 12.6. The predicted molar refractivity (Wildman–Crippen MR) is 62.5 cm³/mol. The van der Waals surface area contributed by atoms with Crippen LogP contribution in [0.15, 0.2) is 18.5 Å². The van der Waals surface area contributed by atoms with Crippen molar-refractivity contribution in [1.29, 1.82) is 0 Å². The molecule has 0 bridgehead atoms. The van der Waals surface area contributed by atoms with E-state index in [4.69, 9.17) is 0 Å². The molecule has 0 fully saturated rings. The quantitative estimate of drug-likeness (QED) is 0.857. The summed E-state index contributed by atoms with van der Waals surface area (Å²) in [5.41, 5.74) is 1.71. The van der Waals surface area contributed by atoms with Crippen molar-refractivity contribution >= 4 is 5.97 Å². The topological polar surface area (TPSA) is 68.0 Å². The van der Waals surface area contributed by atoms with Crippen LogP contribution >= 0.6 is 0 Å². The monoisotopic (exact) mass is 231 g/mol. The SMILES string of the molecule is Cc1cc(C)c(C(=O)O)c(-n2ccnc2C)n1. The van der Waals surface area contributed by atoms with Gasteiger partial charge in [-0.15, -0.1) is 0 Å². The van der Waals surface area contributed by atoms with Gasteiger partial charge in [0.15, 0.2) is 5.82 Å². The average Bonchev–Trinajstić information content (AvgIpc) is 2.62. The second kappa shape index (κ2) is 4.01. The van der Waals surface area contributed by atoms with Gasteiger partial charge >= 0.3 is 5.97 Å². The van der Waals surface area contributed by atoms with Crippen molar-refractivity contribution in [1.82, 2.24) is 14.5 Å². The number of imidazole rings is 1. The van der Waals surface area contributed by atoms with E-state index in [2.05, 4.69) is 9.97 Å². The van der Waals surface area contributed by atoms with E-state index in [1.807, 2.05) is 13.8 Å². The number of hydrogen-bond acceptors (Lipinski definition) is 3. The van der Waals surface area contributed by atoms with Gasteiger partial charge in [-0.25, -0.2) is 14.8 Å². The van der Waals surface area contributed by atoms with Crippen molar-refractivity contribution in [3.63, 3.8) is 0 Å². The van der Waals surface area contributed by atoms with Crippen LogP contribution in [0.2, 0.25) is 0 Å². The van der Waals surface area contributed by atoms with Crippen LogP contribution in [0.5, 0.6) is 0 Å². The third kappa shape index (κ3) is 1.91. The van der Waals surface area contributed by atoms with Crippen LogP contribution in [-0.2, 0) is 0 Å². The van der Waals surface area contributed by atoms with Crippen LogP contribution in [0.25, 0.3) is 5.82 Å². The molecule has 2 heterocycles. The van der Waals surface area contributed by atoms with E-state index in [0.29, 0.717) is 17.2 Å². The van der Waals surface area contributed by atoms with Gasteiger partial charge in [-0.05, 0) is 32.4 Å². The Morgan fingerprint density at radius 1 is 1.35 bits per heavy atom. The van der Waals surface area contributed by atoms with Crippen LogP contribution in [0.1, 0.15) is 27.4 Å². The molecular weight excluding hydrogens is 218 g/mol. The first kappa shape index (κ1) is 11.3. The van der Waals surface area contributed by atoms with E-state index in [0.717, 1.165) is 5.69 Å². The Hall–Kier alpha value is -2.17. The maximum Gasteiger partial charge on any atom is 0.339 e. The number of aryl methyl sites for hydroxylation is 3. The molecule has 88 valence electrons. The van der Waals surface area contributed by atoms with Gasteiger partial charge in [0.2, 0.25) is 0 Å². The lowest BCUT2D eigenvalue weighted by atomic mass is 10.1. The molecule has 5 heteroatoms. The van der Waals surface area contributed by atoms with E-state index >= 15 is 0 Å². The molecule has 2 aromatic heterocycles. The van der Waals surface area contributed by atoms with Gasteiger partial charge in [0, 0.05) is 18.1 Å². The van der Waals surface area contributed by atoms with Crippen LogP contribution in [0.4, 0.5) is 0 Å².